The number of unbranched alkanes of at least 4 members (excludes halogenated alkanes) is 2. The summed E-state index contributed by atoms with van der Waals surface area (Å²) in [6, 6.07) is -0.436. The van der Waals surface area contributed by atoms with Crippen LogP contribution in [0.3, 0.4) is 0 Å². The first-order valence-corrected chi connectivity index (χ1v) is 9.90. The molecule has 1 rings (SSSR count). The van der Waals surface area contributed by atoms with Gasteiger partial charge in [0.25, 0.3) is 15.2 Å². The predicted molar refractivity (Wildman–Crippen MR) is 101 cm³/mol. The van der Waals surface area contributed by atoms with Crippen LogP contribution in [-0.4, -0.2) is 64.6 Å². The minimum atomic E-state index is -3.94. The number of hydrogen-bond acceptors (Lipinski definition) is 5. The zero-order valence-corrected chi connectivity index (χ0v) is 16.1. The molecule has 0 radical (unpaired) electrons. The fourth-order valence-electron chi connectivity index (χ4n) is 2.25. The van der Waals surface area contributed by atoms with E-state index < -0.39 is 21.2 Å². The number of aromatic nitrogens is 3. The molecule has 0 aliphatic carbocycles. The minimum absolute atomic E-state index is 0.0937. The van der Waals surface area contributed by atoms with Crippen molar-refractivity contribution < 1.29 is 13.2 Å². The Bertz CT molecular complexity index is 717. The van der Waals surface area contributed by atoms with Crippen molar-refractivity contribution in [1.82, 2.24) is 24.0 Å². The lowest BCUT2D eigenvalue weighted by molar-refractivity contribution is 0.200. The van der Waals surface area contributed by atoms with Gasteiger partial charge in [-0.3, -0.25) is 0 Å². The van der Waals surface area contributed by atoms with Crippen molar-refractivity contribution in [3.8, 4) is 0 Å². The van der Waals surface area contributed by atoms with E-state index in [9.17, 15) is 13.2 Å². The van der Waals surface area contributed by atoms with Gasteiger partial charge in [-0.2, -0.15) is 8.99 Å². The molecule has 8 nitrogen and oxygen atoms in total. The molecular formula is C17H27N5O3S. The maximum atomic E-state index is 12.6. The van der Waals surface area contributed by atoms with Crippen molar-refractivity contribution in [2.24, 2.45) is 0 Å². The first-order chi connectivity index (χ1) is 12.4. The Morgan fingerprint density at radius 3 is 2.31 bits per heavy atom. The second-order valence-corrected chi connectivity index (χ2v) is 7.43. The third kappa shape index (κ3) is 5.63. The highest BCUT2D eigenvalue weighted by Crippen LogP contribution is 2.11. The Morgan fingerprint density at radius 1 is 1.15 bits per heavy atom. The van der Waals surface area contributed by atoms with Crippen LogP contribution in [0.1, 0.15) is 26.2 Å². The van der Waals surface area contributed by atoms with Crippen LogP contribution >= 0.6 is 0 Å². The van der Waals surface area contributed by atoms with E-state index in [4.69, 9.17) is 0 Å². The molecular weight excluding hydrogens is 354 g/mol. The molecule has 0 fully saturated rings. The van der Waals surface area contributed by atoms with E-state index in [1.807, 2.05) is 0 Å². The smallest absolute Gasteiger partial charge is 0.319 e. The van der Waals surface area contributed by atoms with Crippen molar-refractivity contribution in [3.63, 3.8) is 0 Å². The van der Waals surface area contributed by atoms with Gasteiger partial charge in [-0.05, 0) is 6.42 Å². The summed E-state index contributed by atoms with van der Waals surface area (Å²) in [5.41, 5.74) is 0. The van der Waals surface area contributed by atoms with Crippen LogP contribution in [0.2, 0.25) is 0 Å². The van der Waals surface area contributed by atoms with Crippen LogP contribution in [-0.2, 0) is 10.0 Å². The van der Waals surface area contributed by atoms with Gasteiger partial charge in [0.1, 0.15) is 6.33 Å². The van der Waals surface area contributed by atoms with Gasteiger partial charge in [-0.15, -0.1) is 24.8 Å². The molecule has 0 unspecified atom stereocenters. The number of hydrogen-bond donors (Lipinski definition) is 0. The molecule has 0 saturated heterocycles. The number of rotatable bonds is 12. The second-order valence-electron chi connectivity index (χ2n) is 5.60. The van der Waals surface area contributed by atoms with Gasteiger partial charge in [-0.1, -0.05) is 38.0 Å². The highest BCUT2D eigenvalue weighted by atomic mass is 32.2. The summed E-state index contributed by atoms with van der Waals surface area (Å²) in [7, 11) is -3.94. The minimum Gasteiger partial charge on any atom is -0.319 e. The highest BCUT2D eigenvalue weighted by molar-refractivity contribution is 7.89. The summed E-state index contributed by atoms with van der Waals surface area (Å²) < 4.78 is 27.3. The number of amides is 1. The van der Waals surface area contributed by atoms with Crippen molar-refractivity contribution >= 4 is 16.1 Å². The molecule has 0 saturated carbocycles. The predicted octanol–water partition coefficient (Wildman–Crippen LogP) is 2.29. The molecule has 1 aromatic rings. The Balaban J connectivity index is 3.02. The van der Waals surface area contributed by atoms with Crippen LogP contribution in [0.25, 0.3) is 0 Å². The van der Waals surface area contributed by atoms with E-state index in [0.29, 0.717) is 13.1 Å². The summed E-state index contributed by atoms with van der Waals surface area (Å²) in [5, 5.41) is 3.45. The van der Waals surface area contributed by atoms with E-state index in [1.54, 1.807) is 11.0 Å². The number of sulfonamides is 1. The first-order valence-electron chi connectivity index (χ1n) is 8.46. The average molecular weight is 382 g/mol. The largest absolute Gasteiger partial charge is 0.346 e. The van der Waals surface area contributed by atoms with E-state index in [0.717, 1.165) is 34.6 Å². The summed E-state index contributed by atoms with van der Waals surface area (Å²) in [6.45, 7) is 13.9. The standard InChI is InChI=1S/C17H27N5O3S/c1-5-9-10-14-20(11-6-2)17(23)22-15-18-16(19-22)26(24,25)21(12-7-3)13-8-4/h6-8,15H,2-5,9-14H2,1H3. The lowest BCUT2D eigenvalue weighted by Crippen LogP contribution is -2.36. The van der Waals surface area contributed by atoms with E-state index in [1.165, 1.54) is 12.2 Å². The maximum Gasteiger partial charge on any atom is 0.346 e. The lowest BCUT2D eigenvalue weighted by Gasteiger charge is -2.20. The Kier molecular flexibility index (Phi) is 8.94. The van der Waals surface area contributed by atoms with Gasteiger partial charge in [0.2, 0.25) is 0 Å². The number of nitrogens with zero attached hydrogens (tertiary/aromatic N) is 5. The van der Waals surface area contributed by atoms with Gasteiger partial charge in [0.05, 0.1) is 0 Å². The highest BCUT2D eigenvalue weighted by Gasteiger charge is 2.28. The molecule has 0 aliphatic rings. The molecule has 0 atom stereocenters. The Morgan fingerprint density at radius 2 is 1.77 bits per heavy atom. The summed E-state index contributed by atoms with van der Waals surface area (Å²) in [6.07, 6.45) is 8.54. The molecule has 0 spiro atoms. The van der Waals surface area contributed by atoms with Crippen molar-refractivity contribution in [2.45, 2.75) is 31.3 Å². The summed E-state index contributed by atoms with van der Waals surface area (Å²) in [4.78, 5) is 18.0. The molecule has 1 aromatic heterocycles. The van der Waals surface area contributed by atoms with E-state index in [2.05, 4.69) is 36.7 Å². The average Bonchev–Trinajstić information content (AvgIpc) is 3.11. The van der Waals surface area contributed by atoms with Gasteiger partial charge >= 0.3 is 6.03 Å². The van der Waals surface area contributed by atoms with Crippen LogP contribution in [0.15, 0.2) is 49.4 Å². The molecule has 0 aliphatic heterocycles. The third-order valence-corrected chi connectivity index (χ3v) is 5.18. The molecule has 9 heteroatoms. The summed E-state index contributed by atoms with van der Waals surface area (Å²) >= 11 is 0. The molecule has 0 N–H and O–H groups in total. The number of carbonyl (C=O) groups excluding carboxylic acids is 1. The third-order valence-electron chi connectivity index (χ3n) is 3.55. The topological polar surface area (TPSA) is 88.4 Å². The van der Waals surface area contributed by atoms with Gasteiger partial charge in [0, 0.05) is 26.2 Å². The van der Waals surface area contributed by atoms with Crippen LogP contribution in [0.5, 0.6) is 0 Å². The monoisotopic (exact) mass is 381 g/mol. The fraction of sp³-hybridized carbons (Fsp3) is 0.471. The zero-order valence-electron chi connectivity index (χ0n) is 15.2. The van der Waals surface area contributed by atoms with Gasteiger partial charge < -0.3 is 4.90 Å². The maximum absolute atomic E-state index is 12.6. The van der Waals surface area contributed by atoms with Crippen molar-refractivity contribution in [3.05, 3.63) is 44.3 Å². The summed E-state index contributed by atoms with van der Waals surface area (Å²) in [5.74, 6) is 0. The Hall–Kier alpha value is -2.26. The first kappa shape index (κ1) is 21.8. The molecule has 1 heterocycles. The van der Waals surface area contributed by atoms with E-state index >= 15 is 0 Å². The fourth-order valence-corrected chi connectivity index (χ4v) is 3.46. The van der Waals surface area contributed by atoms with Gasteiger partial charge in [-0.25, -0.2) is 18.2 Å². The van der Waals surface area contributed by atoms with Crippen LogP contribution in [0.4, 0.5) is 4.79 Å². The van der Waals surface area contributed by atoms with Crippen LogP contribution in [0, 0.1) is 0 Å². The van der Waals surface area contributed by atoms with Crippen molar-refractivity contribution in [2.75, 3.05) is 26.2 Å². The SMILES string of the molecule is C=CCN(CCCCC)C(=O)n1cnc(S(=O)(=O)N(CC=C)CC=C)n1. The molecule has 144 valence electrons. The van der Waals surface area contributed by atoms with Gasteiger partial charge in [0.15, 0.2) is 0 Å². The van der Waals surface area contributed by atoms with E-state index in [-0.39, 0.29) is 13.1 Å². The number of carbonyl (C=O) groups is 1. The zero-order chi connectivity index (χ0) is 19.6. The molecule has 0 bridgehead atoms. The quantitative estimate of drug-likeness (QED) is 0.409. The molecule has 26 heavy (non-hydrogen) atoms. The molecule has 0 aromatic carbocycles. The normalized spacial score (nSPS) is 11.3. The second kappa shape index (κ2) is 10.7. The lowest BCUT2D eigenvalue weighted by atomic mass is 10.2. The Labute approximate surface area is 155 Å². The van der Waals surface area contributed by atoms with Crippen molar-refractivity contribution in [1.29, 1.82) is 0 Å². The van der Waals surface area contributed by atoms with Crippen LogP contribution < -0.4 is 0 Å². The molecule has 1 amide bonds.